The minimum Gasteiger partial charge on any atom is -0.349 e. The van der Waals surface area contributed by atoms with Crippen LogP contribution in [0.1, 0.15) is 39.1 Å². The maximum atomic E-state index is 13.6. The molecule has 28 heavy (non-hydrogen) atoms. The van der Waals surface area contributed by atoms with Gasteiger partial charge in [-0.15, -0.1) is 0 Å². The number of amides is 3. The average molecular weight is 383 g/mol. The fourth-order valence-electron chi connectivity index (χ4n) is 2.65. The van der Waals surface area contributed by atoms with Gasteiger partial charge >= 0.3 is 0 Å². The number of halogens is 1. The molecule has 1 aliphatic rings. The van der Waals surface area contributed by atoms with Gasteiger partial charge in [-0.05, 0) is 42.7 Å². The van der Waals surface area contributed by atoms with Crippen molar-refractivity contribution in [2.24, 2.45) is 0 Å². The third-order valence-corrected chi connectivity index (χ3v) is 4.49. The molecule has 0 aromatic heterocycles. The summed E-state index contributed by atoms with van der Waals surface area (Å²) in [7, 11) is 1.62. The van der Waals surface area contributed by atoms with E-state index in [0.717, 1.165) is 18.4 Å². The van der Waals surface area contributed by atoms with Crippen LogP contribution in [-0.4, -0.2) is 42.3 Å². The first-order chi connectivity index (χ1) is 13.4. The van der Waals surface area contributed by atoms with Crippen molar-refractivity contribution in [3.63, 3.8) is 0 Å². The summed E-state index contributed by atoms with van der Waals surface area (Å²) >= 11 is 0. The Morgan fingerprint density at radius 3 is 2.36 bits per heavy atom. The molecular weight excluding hydrogens is 361 g/mol. The normalized spacial score (nSPS) is 12.9. The van der Waals surface area contributed by atoms with Crippen molar-refractivity contribution in [2.45, 2.75) is 25.4 Å². The standard InChI is InChI=1S/C21H22FN3O3/c1-25(19(26)12-23-21(28)17-4-2-3-5-18(17)22)13-14-6-8-15(9-7-14)20(27)24-16-10-11-16/h2-9,16H,10-13H2,1H3,(H,23,28)(H,24,27). The molecule has 1 fully saturated rings. The maximum Gasteiger partial charge on any atom is 0.254 e. The highest BCUT2D eigenvalue weighted by Crippen LogP contribution is 2.19. The molecule has 0 radical (unpaired) electrons. The second-order valence-electron chi connectivity index (χ2n) is 6.86. The molecule has 3 amide bonds. The van der Waals surface area contributed by atoms with Crippen LogP contribution in [0.3, 0.4) is 0 Å². The lowest BCUT2D eigenvalue weighted by Crippen LogP contribution is -2.38. The van der Waals surface area contributed by atoms with Crippen molar-refractivity contribution in [1.82, 2.24) is 15.5 Å². The largest absolute Gasteiger partial charge is 0.349 e. The van der Waals surface area contributed by atoms with Crippen molar-refractivity contribution in [2.75, 3.05) is 13.6 Å². The van der Waals surface area contributed by atoms with Gasteiger partial charge in [0.2, 0.25) is 5.91 Å². The Bertz CT molecular complexity index is 879. The zero-order chi connectivity index (χ0) is 20.1. The number of rotatable bonds is 7. The van der Waals surface area contributed by atoms with Crippen LogP contribution in [0.15, 0.2) is 48.5 Å². The maximum absolute atomic E-state index is 13.6. The molecule has 0 heterocycles. The van der Waals surface area contributed by atoms with Gasteiger partial charge in [0.05, 0.1) is 12.1 Å². The van der Waals surface area contributed by atoms with E-state index in [1.165, 1.54) is 23.1 Å². The summed E-state index contributed by atoms with van der Waals surface area (Å²) in [5.41, 5.74) is 1.35. The zero-order valence-electron chi connectivity index (χ0n) is 15.6. The van der Waals surface area contributed by atoms with Crippen LogP contribution in [0, 0.1) is 5.82 Å². The number of hydrogen-bond acceptors (Lipinski definition) is 3. The van der Waals surface area contributed by atoms with Gasteiger partial charge in [0.1, 0.15) is 5.82 Å². The Labute approximate surface area is 162 Å². The van der Waals surface area contributed by atoms with E-state index in [1.807, 2.05) is 0 Å². The van der Waals surface area contributed by atoms with E-state index in [9.17, 15) is 18.8 Å². The van der Waals surface area contributed by atoms with Gasteiger partial charge in [-0.2, -0.15) is 0 Å². The molecule has 0 aliphatic heterocycles. The van der Waals surface area contributed by atoms with Gasteiger partial charge in [0.25, 0.3) is 11.8 Å². The Morgan fingerprint density at radius 1 is 1.04 bits per heavy atom. The van der Waals surface area contributed by atoms with Crippen molar-refractivity contribution in [3.8, 4) is 0 Å². The van der Waals surface area contributed by atoms with E-state index in [2.05, 4.69) is 10.6 Å². The van der Waals surface area contributed by atoms with E-state index in [0.29, 0.717) is 18.2 Å². The number of carbonyl (C=O) groups is 3. The molecule has 0 saturated heterocycles. The molecule has 6 nitrogen and oxygen atoms in total. The minimum absolute atomic E-state index is 0.0886. The number of likely N-dealkylation sites (N-methyl/N-ethyl adjacent to an activating group) is 1. The van der Waals surface area contributed by atoms with Crippen LogP contribution in [0.25, 0.3) is 0 Å². The molecule has 1 aliphatic carbocycles. The third-order valence-electron chi connectivity index (χ3n) is 4.49. The smallest absolute Gasteiger partial charge is 0.254 e. The monoisotopic (exact) mass is 383 g/mol. The predicted octanol–water partition coefficient (Wildman–Crippen LogP) is 2.11. The number of benzene rings is 2. The van der Waals surface area contributed by atoms with Crippen LogP contribution < -0.4 is 10.6 Å². The van der Waals surface area contributed by atoms with Crippen LogP contribution in [0.2, 0.25) is 0 Å². The first kappa shape index (κ1) is 19.5. The third kappa shape index (κ3) is 5.16. The van der Waals surface area contributed by atoms with Gasteiger partial charge in [-0.3, -0.25) is 14.4 Å². The fourth-order valence-corrected chi connectivity index (χ4v) is 2.65. The van der Waals surface area contributed by atoms with E-state index in [1.54, 1.807) is 37.4 Å². The average Bonchev–Trinajstić information content (AvgIpc) is 3.50. The van der Waals surface area contributed by atoms with Gasteiger partial charge in [0, 0.05) is 25.2 Å². The van der Waals surface area contributed by atoms with Gasteiger partial charge < -0.3 is 15.5 Å². The molecule has 0 unspecified atom stereocenters. The van der Waals surface area contributed by atoms with Crippen molar-refractivity contribution in [3.05, 3.63) is 71.0 Å². The van der Waals surface area contributed by atoms with Crippen molar-refractivity contribution < 1.29 is 18.8 Å². The highest BCUT2D eigenvalue weighted by Gasteiger charge is 2.23. The highest BCUT2D eigenvalue weighted by atomic mass is 19.1. The molecule has 0 spiro atoms. The minimum atomic E-state index is -0.633. The zero-order valence-corrected chi connectivity index (χ0v) is 15.6. The lowest BCUT2D eigenvalue weighted by atomic mass is 10.1. The van der Waals surface area contributed by atoms with Gasteiger partial charge in [-0.25, -0.2) is 4.39 Å². The first-order valence-electron chi connectivity index (χ1n) is 9.10. The van der Waals surface area contributed by atoms with E-state index < -0.39 is 11.7 Å². The summed E-state index contributed by atoms with van der Waals surface area (Å²) in [5.74, 6) is -1.66. The van der Waals surface area contributed by atoms with Crippen LogP contribution in [0.5, 0.6) is 0 Å². The summed E-state index contributed by atoms with van der Waals surface area (Å²) in [6, 6.07) is 12.9. The van der Waals surface area contributed by atoms with Crippen LogP contribution >= 0.6 is 0 Å². The predicted molar refractivity (Wildman–Crippen MR) is 102 cm³/mol. The number of nitrogens with one attached hydrogen (secondary N) is 2. The Kier molecular flexibility index (Phi) is 6.03. The van der Waals surface area contributed by atoms with Gasteiger partial charge in [-0.1, -0.05) is 24.3 Å². The Balaban J connectivity index is 1.49. The summed E-state index contributed by atoms with van der Waals surface area (Å²) in [6.07, 6.45) is 2.06. The number of nitrogens with zero attached hydrogens (tertiary/aromatic N) is 1. The molecule has 7 heteroatoms. The Morgan fingerprint density at radius 2 is 1.71 bits per heavy atom. The lowest BCUT2D eigenvalue weighted by Gasteiger charge is -2.18. The molecule has 2 N–H and O–H groups in total. The van der Waals surface area contributed by atoms with Crippen molar-refractivity contribution >= 4 is 17.7 Å². The highest BCUT2D eigenvalue weighted by molar-refractivity contribution is 5.96. The molecule has 2 aromatic rings. The second-order valence-corrected chi connectivity index (χ2v) is 6.86. The fraction of sp³-hybridized carbons (Fsp3) is 0.286. The molecule has 3 rings (SSSR count). The van der Waals surface area contributed by atoms with Crippen LogP contribution in [-0.2, 0) is 11.3 Å². The Hall–Kier alpha value is -3.22. The summed E-state index contributed by atoms with van der Waals surface area (Å²) in [6.45, 7) is 0.102. The molecular formula is C21H22FN3O3. The molecule has 0 atom stereocenters. The molecule has 1 saturated carbocycles. The number of hydrogen-bond donors (Lipinski definition) is 2. The van der Waals surface area contributed by atoms with Crippen molar-refractivity contribution in [1.29, 1.82) is 0 Å². The molecule has 146 valence electrons. The molecule has 2 aromatic carbocycles. The quantitative estimate of drug-likeness (QED) is 0.769. The van der Waals surface area contributed by atoms with E-state index >= 15 is 0 Å². The summed E-state index contributed by atoms with van der Waals surface area (Å²) in [5, 5.41) is 5.35. The number of carbonyl (C=O) groups excluding carboxylic acids is 3. The van der Waals surface area contributed by atoms with Crippen LogP contribution in [0.4, 0.5) is 4.39 Å². The lowest BCUT2D eigenvalue weighted by molar-refractivity contribution is -0.129. The first-order valence-corrected chi connectivity index (χ1v) is 9.10. The SMILES string of the molecule is CN(Cc1ccc(C(=O)NC2CC2)cc1)C(=O)CNC(=O)c1ccccc1F. The topological polar surface area (TPSA) is 78.5 Å². The van der Waals surface area contributed by atoms with E-state index in [4.69, 9.17) is 0 Å². The summed E-state index contributed by atoms with van der Waals surface area (Å²) < 4.78 is 13.6. The van der Waals surface area contributed by atoms with E-state index in [-0.39, 0.29) is 23.9 Å². The molecule has 0 bridgehead atoms. The van der Waals surface area contributed by atoms with Gasteiger partial charge in [0.15, 0.2) is 0 Å². The summed E-state index contributed by atoms with van der Waals surface area (Å²) in [4.78, 5) is 37.6. The second kappa shape index (κ2) is 8.65.